The molecule has 0 saturated heterocycles. The van der Waals surface area contributed by atoms with Crippen LogP contribution in [0.1, 0.15) is 24.1 Å². The van der Waals surface area contributed by atoms with Crippen LogP contribution in [0.25, 0.3) is 22.2 Å². The van der Waals surface area contributed by atoms with Crippen molar-refractivity contribution in [2.45, 2.75) is 19.5 Å². The van der Waals surface area contributed by atoms with E-state index in [1.54, 1.807) is 7.11 Å². The first kappa shape index (κ1) is 14.6. The molecule has 0 radical (unpaired) electrons. The van der Waals surface area contributed by atoms with Crippen molar-refractivity contribution in [3.63, 3.8) is 0 Å². The lowest BCUT2D eigenvalue weighted by molar-refractivity contribution is 0.415. The van der Waals surface area contributed by atoms with Crippen LogP contribution >= 0.6 is 11.6 Å². The molecule has 1 aliphatic rings. The second kappa shape index (κ2) is 5.29. The molecule has 1 atom stereocenters. The minimum absolute atomic E-state index is 0.241. The molecule has 4 heteroatoms. The van der Waals surface area contributed by atoms with Crippen molar-refractivity contribution in [1.82, 2.24) is 9.88 Å². The van der Waals surface area contributed by atoms with E-state index in [2.05, 4.69) is 47.1 Å². The predicted octanol–water partition coefficient (Wildman–Crippen LogP) is 4.61. The fourth-order valence-electron chi connectivity index (χ4n) is 3.63. The number of fused-ring (bicyclic) bond motifs is 5. The molecule has 3 nitrogen and oxygen atoms in total. The van der Waals surface area contributed by atoms with Crippen LogP contribution in [0.3, 0.4) is 0 Å². The zero-order valence-corrected chi connectivity index (χ0v) is 14.2. The summed E-state index contributed by atoms with van der Waals surface area (Å²) in [5.41, 5.74) is 6.44. The van der Waals surface area contributed by atoms with E-state index in [1.807, 2.05) is 13.1 Å². The Labute approximate surface area is 140 Å². The van der Waals surface area contributed by atoms with Gasteiger partial charge in [0.1, 0.15) is 5.75 Å². The summed E-state index contributed by atoms with van der Waals surface area (Å²) >= 11 is 6.39. The Kier molecular flexibility index (Phi) is 3.36. The maximum absolute atomic E-state index is 6.39. The molecule has 0 bridgehead atoms. The van der Waals surface area contributed by atoms with Crippen LogP contribution in [-0.4, -0.2) is 18.7 Å². The number of benzene rings is 2. The molecule has 118 valence electrons. The minimum atomic E-state index is 0.241. The maximum Gasteiger partial charge on any atom is 0.138 e. The number of halogens is 1. The van der Waals surface area contributed by atoms with Gasteiger partial charge in [-0.3, -0.25) is 0 Å². The molecule has 1 N–H and O–H groups in total. The van der Waals surface area contributed by atoms with Crippen LogP contribution in [0.2, 0.25) is 5.02 Å². The number of methoxy groups -OCH3 is 1. The van der Waals surface area contributed by atoms with Gasteiger partial charge in [-0.1, -0.05) is 35.9 Å². The first-order valence-electron chi connectivity index (χ1n) is 7.81. The van der Waals surface area contributed by atoms with Crippen molar-refractivity contribution in [2.75, 3.05) is 14.2 Å². The van der Waals surface area contributed by atoms with Gasteiger partial charge < -0.3 is 14.6 Å². The zero-order chi connectivity index (χ0) is 16.1. The quantitative estimate of drug-likeness (QED) is 0.595. The van der Waals surface area contributed by atoms with Gasteiger partial charge >= 0.3 is 0 Å². The standard InChI is InChI=1S/C19H19ClN2O/c1-11(21-2)18-14-8-17(23-3)15(20)9-16(14)22-10-12-6-4-5-7-13(12)19(18)22/h4-9,11,21H,10H2,1-3H3. The van der Waals surface area contributed by atoms with Gasteiger partial charge in [0.15, 0.2) is 0 Å². The minimum Gasteiger partial charge on any atom is -0.495 e. The molecule has 1 aromatic heterocycles. The number of nitrogens with zero attached hydrogens (tertiary/aromatic N) is 1. The summed E-state index contributed by atoms with van der Waals surface area (Å²) < 4.78 is 7.80. The molecule has 3 aromatic rings. The second-order valence-corrected chi connectivity index (χ2v) is 6.43. The summed E-state index contributed by atoms with van der Waals surface area (Å²) in [6.45, 7) is 3.08. The van der Waals surface area contributed by atoms with E-state index < -0.39 is 0 Å². The van der Waals surface area contributed by atoms with E-state index in [9.17, 15) is 0 Å². The maximum atomic E-state index is 6.39. The summed E-state index contributed by atoms with van der Waals surface area (Å²) in [5, 5.41) is 5.24. The van der Waals surface area contributed by atoms with Gasteiger partial charge in [-0.15, -0.1) is 0 Å². The average Bonchev–Trinajstić information content (AvgIpc) is 3.08. The number of hydrogen-bond acceptors (Lipinski definition) is 2. The molecular weight excluding hydrogens is 308 g/mol. The lowest BCUT2D eigenvalue weighted by Crippen LogP contribution is -2.12. The van der Waals surface area contributed by atoms with Crippen molar-refractivity contribution in [3.05, 3.63) is 52.5 Å². The molecule has 0 spiro atoms. The highest BCUT2D eigenvalue weighted by Gasteiger charge is 2.28. The van der Waals surface area contributed by atoms with Crippen molar-refractivity contribution < 1.29 is 4.74 Å². The molecule has 0 aliphatic carbocycles. The topological polar surface area (TPSA) is 26.2 Å². The Morgan fingerprint density at radius 1 is 1.26 bits per heavy atom. The number of ether oxygens (including phenoxy) is 1. The molecule has 1 aliphatic heterocycles. The van der Waals surface area contributed by atoms with Gasteiger partial charge in [0.05, 0.1) is 23.3 Å². The van der Waals surface area contributed by atoms with Gasteiger partial charge in [0.25, 0.3) is 0 Å². The lowest BCUT2D eigenvalue weighted by Gasteiger charge is -2.13. The number of aromatic nitrogens is 1. The van der Waals surface area contributed by atoms with Gasteiger partial charge in [-0.2, -0.15) is 0 Å². The molecule has 0 fully saturated rings. The van der Waals surface area contributed by atoms with Crippen LogP contribution in [0.4, 0.5) is 0 Å². The molecular formula is C19H19ClN2O. The van der Waals surface area contributed by atoms with Gasteiger partial charge in [0, 0.05) is 29.1 Å². The van der Waals surface area contributed by atoms with Crippen LogP contribution < -0.4 is 10.1 Å². The lowest BCUT2D eigenvalue weighted by atomic mass is 9.98. The highest BCUT2D eigenvalue weighted by molar-refractivity contribution is 6.33. The highest BCUT2D eigenvalue weighted by atomic mass is 35.5. The van der Waals surface area contributed by atoms with Gasteiger partial charge in [-0.25, -0.2) is 0 Å². The molecule has 1 unspecified atom stereocenters. The monoisotopic (exact) mass is 326 g/mol. The fraction of sp³-hybridized carbons (Fsp3) is 0.263. The number of nitrogens with one attached hydrogen (secondary N) is 1. The Morgan fingerprint density at radius 3 is 2.78 bits per heavy atom. The largest absolute Gasteiger partial charge is 0.495 e. The van der Waals surface area contributed by atoms with E-state index >= 15 is 0 Å². The van der Waals surface area contributed by atoms with Gasteiger partial charge in [-0.05, 0) is 31.7 Å². The van der Waals surface area contributed by atoms with Crippen LogP contribution in [0.15, 0.2) is 36.4 Å². The third kappa shape index (κ3) is 2.00. The molecule has 23 heavy (non-hydrogen) atoms. The zero-order valence-electron chi connectivity index (χ0n) is 13.5. The van der Waals surface area contributed by atoms with Crippen molar-refractivity contribution >= 4 is 22.5 Å². The van der Waals surface area contributed by atoms with Crippen molar-refractivity contribution in [3.8, 4) is 17.0 Å². The van der Waals surface area contributed by atoms with E-state index in [4.69, 9.17) is 16.3 Å². The predicted molar refractivity (Wildman–Crippen MR) is 95.5 cm³/mol. The van der Waals surface area contributed by atoms with Crippen LogP contribution in [0.5, 0.6) is 5.75 Å². The van der Waals surface area contributed by atoms with Crippen molar-refractivity contribution in [1.29, 1.82) is 0 Å². The number of rotatable bonds is 3. The van der Waals surface area contributed by atoms with Crippen molar-refractivity contribution in [2.24, 2.45) is 0 Å². The van der Waals surface area contributed by atoms with E-state index in [1.165, 1.54) is 33.3 Å². The fourth-order valence-corrected chi connectivity index (χ4v) is 3.86. The summed E-state index contributed by atoms with van der Waals surface area (Å²) in [5.74, 6) is 0.723. The highest BCUT2D eigenvalue weighted by Crippen LogP contribution is 2.45. The summed E-state index contributed by atoms with van der Waals surface area (Å²) in [6.07, 6.45) is 0. The molecule has 4 rings (SSSR count). The first-order valence-corrected chi connectivity index (χ1v) is 8.18. The third-order valence-corrected chi connectivity index (χ3v) is 5.14. The molecule has 2 heterocycles. The number of hydrogen-bond donors (Lipinski definition) is 1. The van der Waals surface area contributed by atoms with E-state index in [-0.39, 0.29) is 6.04 Å². The Morgan fingerprint density at radius 2 is 2.04 bits per heavy atom. The second-order valence-electron chi connectivity index (χ2n) is 6.02. The van der Waals surface area contributed by atoms with Gasteiger partial charge in [0.2, 0.25) is 0 Å². The molecule has 2 aromatic carbocycles. The normalized spacial score (nSPS) is 13.9. The van der Waals surface area contributed by atoms with Crippen LogP contribution in [-0.2, 0) is 6.54 Å². The van der Waals surface area contributed by atoms with E-state index in [0.29, 0.717) is 5.02 Å². The smallest absolute Gasteiger partial charge is 0.138 e. The summed E-state index contributed by atoms with van der Waals surface area (Å²) in [7, 11) is 3.65. The van der Waals surface area contributed by atoms with E-state index in [0.717, 1.165) is 12.3 Å². The summed E-state index contributed by atoms with van der Waals surface area (Å²) in [4.78, 5) is 0. The van der Waals surface area contributed by atoms with Crippen LogP contribution in [0, 0.1) is 0 Å². The Balaban J connectivity index is 2.11. The summed E-state index contributed by atoms with van der Waals surface area (Å²) in [6, 6.07) is 12.9. The molecule has 0 saturated carbocycles. The first-order chi connectivity index (χ1) is 11.2. The Bertz CT molecular complexity index is 913. The Hall–Kier alpha value is -1.97. The SMILES string of the molecule is CNC(C)c1c2n(c3cc(Cl)c(OC)cc13)Cc1ccccc1-2. The average molecular weight is 327 g/mol. The molecule has 0 amide bonds. The third-order valence-electron chi connectivity index (χ3n) is 4.84.